The standard InChI is InChI=1S/C12H19N2O6P/c1-7(13)11(15)14-12(21(16,17)18)8-4-5-9(19-2)10(6-8)20-3/h4-7,12H,13H2,1-3H3,(H,14,15)(H2,16,17,18)/t7-,12-/m0/s1. The van der Waals surface area contributed by atoms with Gasteiger partial charge in [0.25, 0.3) is 0 Å². The number of methoxy groups -OCH3 is 2. The Kier molecular flexibility index (Phi) is 5.74. The minimum Gasteiger partial charge on any atom is -0.493 e. The van der Waals surface area contributed by atoms with Gasteiger partial charge in [0, 0.05) is 0 Å². The number of benzene rings is 1. The van der Waals surface area contributed by atoms with Crippen molar-refractivity contribution in [2.45, 2.75) is 18.7 Å². The molecule has 9 heteroatoms. The van der Waals surface area contributed by atoms with Crippen LogP contribution < -0.4 is 20.5 Å². The fourth-order valence-corrected chi connectivity index (χ4v) is 2.50. The number of hydrogen-bond donors (Lipinski definition) is 4. The zero-order valence-electron chi connectivity index (χ0n) is 11.9. The molecule has 118 valence electrons. The molecule has 0 bridgehead atoms. The number of amides is 1. The fourth-order valence-electron chi connectivity index (χ4n) is 1.65. The predicted octanol–water partition coefficient (Wildman–Crippen LogP) is 0.343. The predicted molar refractivity (Wildman–Crippen MR) is 76.1 cm³/mol. The van der Waals surface area contributed by atoms with Crippen molar-refractivity contribution in [3.63, 3.8) is 0 Å². The lowest BCUT2D eigenvalue weighted by molar-refractivity contribution is -0.122. The van der Waals surface area contributed by atoms with Gasteiger partial charge >= 0.3 is 7.60 Å². The van der Waals surface area contributed by atoms with Crippen molar-refractivity contribution in [3.8, 4) is 11.5 Å². The molecule has 0 aliphatic rings. The Morgan fingerprint density at radius 2 is 1.86 bits per heavy atom. The monoisotopic (exact) mass is 318 g/mol. The van der Waals surface area contributed by atoms with Crippen molar-refractivity contribution in [1.29, 1.82) is 0 Å². The molecule has 5 N–H and O–H groups in total. The number of carbonyl (C=O) groups is 1. The number of hydrogen-bond acceptors (Lipinski definition) is 5. The van der Waals surface area contributed by atoms with E-state index in [2.05, 4.69) is 5.32 Å². The molecule has 0 aliphatic carbocycles. The molecule has 0 spiro atoms. The zero-order valence-corrected chi connectivity index (χ0v) is 12.8. The van der Waals surface area contributed by atoms with Crippen LogP contribution in [-0.4, -0.2) is 36.0 Å². The quantitative estimate of drug-likeness (QED) is 0.556. The van der Waals surface area contributed by atoms with Crippen LogP contribution in [0.2, 0.25) is 0 Å². The third kappa shape index (κ3) is 4.44. The summed E-state index contributed by atoms with van der Waals surface area (Å²) in [6, 6.07) is 3.44. The summed E-state index contributed by atoms with van der Waals surface area (Å²) in [6.45, 7) is 1.42. The topological polar surface area (TPSA) is 131 Å². The number of carbonyl (C=O) groups excluding carboxylic acids is 1. The lowest BCUT2D eigenvalue weighted by Gasteiger charge is -2.22. The smallest absolute Gasteiger partial charge is 0.352 e. The summed E-state index contributed by atoms with van der Waals surface area (Å²) < 4.78 is 21.7. The summed E-state index contributed by atoms with van der Waals surface area (Å²) in [7, 11) is -1.79. The summed E-state index contributed by atoms with van der Waals surface area (Å²) in [5.41, 5.74) is 5.59. The minimum atomic E-state index is -4.63. The first-order valence-electron chi connectivity index (χ1n) is 6.03. The summed E-state index contributed by atoms with van der Waals surface area (Å²) >= 11 is 0. The van der Waals surface area contributed by atoms with Crippen LogP contribution in [0.1, 0.15) is 18.3 Å². The normalized spacial score (nSPS) is 14.2. The largest absolute Gasteiger partial charge is 0.493 e. The van der Waals surface area contributed by atoms with Crippen LogP contribution in [0.25, 0.3) is 0 Å². The Morgan fingerprint density at radius 3 is 2.29 bits per heavy atom. The molecule has 0 aliphatic heterocycles. The van der Waals surface area contributed by atoms with Crippen molar-refractivity contribution in [2.24, 2.45) is 5.73 Å². The van der Waals surface area contributed by atoms with E-state index in [0.717, 1.165) is 0 Å². The third-order valence-electron chi connectivity index (χ3n) is 2.75. The second-order valence-corrected chi connectivity index (χ2v) is 6.10. The molecular weight excluding hydrogens is 299 g/mol. The molecular formula is C12H19N2O6P. The van der Waals surface area contributed by atoms with Gasteiger partial charge in [0.15, 0.2) is 17.3 Å². The van der Waals surface area contributed by atoms with E-state index in [1.54, 1.807) is 0 Å². The maximum Gasteiger partial charge on any atom is 0.352 e. The first-order chi connectivity index (χ1) is 9.70. The minimum absolute atomic E-state index is 0.190. The molecule has 0 fully saturated rings. The van der Waals surface area contributed by atoms with Gasteiger partial charge in [-0.05, 0) is 24.6 Å². The van der Waals surface area contributed by atoms with Crippen LogP contribution in [0.5, 0.6) is 11.5 Å². The molecule has 1 aromatic rings. The van der Waals surface area contributed by atoms with E-state index in [1.807, 2.05) is 0 Å². The van der Waals surface area contributed by atoms with Gasteiger partial charge < -0.3 is 30.3 Å². The Balaban J connectivity index is 3.21. The number of nitrogens with two attached hydrogens (primary N) is 1. The Morgan fingerprint density at radius 1 is 1.29 bits per heavy atom. The van der Waals surface area contributed by atoms with E-state index in [4.69, 9.17) is 15.2 Å². The highest BCUT2D eigenvalue weighted by atomic mass is 31.2. The number of nitrogens with one attached hydrogen (secondary N) is 1. The van der Waals surface area contributed by atoms with Gasteiger partial charge in [-0.2, -0.15) is 0 Å². The highest BCUT2D eigenvalue weighted by Gasteiger charge is 2.33. The van der Waals surface area contributed by atoms with Gasteiger partial charge in [0.1, 0.15) is 0 Å². The average Bonchev–Trinajstić information content (AvgIpc) is 2.42. The molecule has 1 amide bonds. The highest BCUT2D eigenvalue weighted by molar-refractivity contribution is 7.52. The van der Waals surface area contributed by atoms with E-state index in [0.29, 0.717) is 11.5 Å². The summed E-state index contributed by atoms with van der Waals surface area (Å²) in [4.78, 5) is 30.5. The lowest BCUT2D eigenvalue weighted by atomic mass is 10.2. The van der Waals surface area contributed by atoms with Crippen molar-refractivity contribution < 1.29 is 28.6 Å². The fraction of sp³-hybridized carbons (Fsp3) is 0.417. The van der Waals surface area contributed by atoms with Crippen LogP contribution in [0, 0.1) is 0 Å². The van der Waals surface area contributed by atoms with Crippen molar-refractivity contribution in [2.75, 3.05) is 14.2 Å². The van der Waals surface area contributed by atoms with Crippen molar-refractivity contribution >= 4 is 13.5 Å². The Bertz CT molecular complexity index is 557. The molecule has 0 unspecified atom stereocenters. The molecule has 21 heavy (non-hydrogen) atoms. The van der Waals surface area contributed by atoms with Gasteiger partial charge in [0.05, 0.1) is 20.3 Å². The summed E-state index contributed by atoms with van der Waals surface area (Å²) in [5.74, 6) is -1.47. The first kappa shape index (κ1) is 17.5. The summed E-state index contributed by atoms with van der Waals surface area (Å²) in [5, 5.41) is 2.24. The SMILES string of the molecule is COc1ccc([C@@H](NC(=O)[C@H](C)N)P(=O)(O)O)cc1OC. The van der Waals surface area contributed by atoms with E-state index < -0.39 is 25.3 Å². The molecule has 1 aromatic carbocycles. The van der Waals surface area contributed by atoms with E-state index in [1.165, 1.54) is 39.3 Å². The molecule has 2 atom stereocenters. The van der Waals surface area contributed by atoms with Crippen molar-refractivity contribution in [1.82, 2.24) is 5.32 Å². The van der Waals surface area contributed by atoms with Gasteiger partial charge in [-0.1, -0.05) is 6.07 Å². The molecule has 0 saturated heterocycles. The summed E-state index contributed by atoms with van der Waals surface area (Å²) in [6.07, 6.45) is 0. The molecule has 0 heterocycles. The second kappa shape index (κ2) is 6.91. The van der Waals surface area contributed by atoms with Gasteiger partial charge in [-0.3, -0.25) is 9.36 Å². The Labute approximate surface area is 122 Å². The number of ether oxygens (including phenoxy) is 2. The van der Waals surface area contributed by atoms with Gasteiger partial charge in [-0.15, -0.1) is 0 Å². The van der Waals surface area contributed by atoms with Crippen molar-refractivity contribution in [3.05, 3.63) is 23.8 Å². The van der Waals surface area contributed by atoms with Crippen LogP contribution in [0.4, 0.5) is 0 Å². The van der Waals surface area contributed by atoms with Crippen LogP contribution in [-0.2, 0) is 9.36 Å². The molecule has 0 aromatic heterocycles. The maximum atomic E-state index is 11.6. The maximum absolute atomic E-state index is 11.6. The van der Waals surface area contributed by atoms with Gasteiger partial charge in [-0.25, -0.2) is 0 Å². The van der Waals surface area contributed by atoms with E-state index in [-0.39, 0.29) is 5.56 Å². The molecule has 8 nitrogen and oxygen atoms in total. The Hall–Kier alpha value is -1.60. The molecule has 0 saturated carbocycles. The van der Waals surface area contributed by atoms with Crippen LogP contribution in [0.15, 0.2) is 18.2 Å². The highest BCUT2D eigenvalue weighted by Crippen LogP contribution is 2.50. The van der Waals surface area contributed by atoms with Crippen LogP contribution in [0.3, 0.4) is 0 Å². The average molecular weight is 318 g/mol. The molecule has 0 radical (unpaired) electrons. The zero-order chi connectivity index (χ0) is 16.2. The van der Waals surface area contributed by atoms with Gasteiger partial charge in [0.2, 0.25) is 5.91 Å². The molecule has 1 rings (SSSR count). The number of rotatable bonds is 6. The third-order valence-corrected chi connectivity index (χ3v) is 3.85. The first-order valence-corrected chi connectivity index (χ1v) is 7.72. The second-order valence-electron chi connectivity index (χ2n) is 4.40. The van der Waals surface area contributed by atoms with E-state index >= 15 is 0 Å². The lowest BCUT2D eigenvalue weighted by Crippen LogP contribution is -2.40. The van der Waals surface area contributed by atoms with Crippen LogP contribution >= 0.6 is 7.60 Å². The van der Waals surface area contributed by atoms with E-state index in [9.17, 15) is 19.1 Å².